The maximum atomic E-state index is 6.29. The molecule has 0 fully saturated rings. The molecule has 0 saturated heterocycles. The van der Waals surface area contributed by atoms with E-state index in [4.69, 9.17) is 21.1 Å². The van der Waals surface area contributed by atoms with Crippen molar-refractivity contribution in [2.75, 3.05) is 18.6 Å². The van der Waals surface area contributed by atoms with Crippen molar-refractivity contribution >= 4 is 17.3 Å². The zero-order chi connectivity index (χ0) is 15.8. The molecule has 2 aromatic rings. The van der Waals surface area contributed by atoms with E-state index in [1.165, 1.54) is 0 Å². The van der Waals surface area contributed by atoms with Gasteiger partial charge in [-0.1, -0.05) is 29.8 Å². The first-order valence-electron chi connectivity index (χ1n) is 7.36. The maximum Gasteiger partial charge on any atom is 0.179 e. The second-order valence-electron chi connectivity index (χ2n) is 4.62. The van der Waals surface area contributed by atoms with Gasteiger partial charge in [0.1, 0.15) is 0 Å². The molecule has 0 aromatic heterocycles. The van der Waals surface area contributed by atoms with Crippen LogP contribution in [0.4, 0.5) is 5.69 Å². The molecule has 2 N–H and O–H groups in total. The first kappa shape index (κ1) is 16.5. The van der Waals surface area contributed by atoms with E-state index in [9.17, 15) is 0 Å². The Morgan fingerprint density at radius 1 is 1.00 bits per heavy atom. The van der Waals surface area contributed by atoms with E-state index in [2.05, 4.69) is 10.9 Å². The van der Waals surface area contributed by atoms with Crippen LogP contribution in [0.25, 0.3) is 0 Å². The topological polar surface area (TPSA) is 42.5 Å². The van der Waals surface area contributed by atoms with Gasteiger partial charge in [0, 0.05) is 12.2 Å². The van der Waals surface area contributed by atoms with Gasteiger partial charge in [-0.15, -0.1) is 0 Å². The van der Waals surface area contributed by atoms with Gasteiger partial charge in [0.25, 0.3) is 0 Å². The van der Waals surface area contributed by atoms with E-state index in [1.807, 2.05) is 56.3 Å². The van der Waals surface area contributed by atoms with E-state index in [0.29, 0.717) is 36.3 Å². The summed E-state index contributed by atoms with van der Waals surface area (Å²) >= 11 is 6.29. The number of hydrogen-bond donors (Lipinski definition) is 2. The zero-order valence-corrected chi connectivity index (χ0v) is 13.6. The van der Waals surface area contributed by atoms with Gasteiger partial charge in [-0.2, -0.15) is 0 Å². The Hall–Kier alpha value is -1.91. The van der Waals surface area contributed by atoms with Gasteiger partial charge >= 0.3 is 0 Å². The zero-order valence-electron chi connectivity index (χ0n) is 12.9. The van der Waals surface area contributed by atoms with E-state index < -0.39 is 0 Å². The number of rotatable bonds is 8. The SMILES string of the molecule is CCOc1cc(CNNc2ccccc2)cc(Cl)c1OCC. The number of halogens is 1. The third-order valence-corrected chi connectivity index (χ3v) is 3.24. The van der Waals surface area contributed by atoms with Crippen LogP contribution in [-0.2, 0) is 6.54 Å². The van der Waals surface area contributed by atoms with E-state index in [0.717, 1.165) is 11.3 Å². The quantitative estimate of drug-likeness (QED) is 0.713. The smallest absolute Gasteiger partial charge is 0.179 e. The summed E-state index contributed by atoms with van der Waals surface area (Å²) in [5, 5.41) is 0.560. The fraction of sp³-hybridized carbons (Fsp3) is 0.294. The molecule has 5 heteroatoms. The second kappa shape index (κ2) is 8.51. The van der Waals surface area contributed by atoms with E-state index in [-0.39, 0.29) is 0 Å². The Balaban J connectivity index is 2.04. The van der Waals surface area contributed by atoms with Gasteiger partial charge in [0.05, 0.1) is 18.2 Å². The number of para-hydroxylation sites is 1. The van der Waals surface area contributed by atoms with Crippen LogP contribution in [0.5, 0.6) is 11.5 Å². The molecule has 0 saturated carbocycles. The van der Waals surface area contributed by atoms with Crippen molar-refractivity contribution in [1.82, 2.24) is 5.43 Å². The lowest BCUT2D eigenvalue weighted by atomic mass is 10.2. The first-order chi connectivity index (χ1) is 10.7. The Bertz CT molecular complexity index is 591. The minimum Gasteiger partial charge on any atom is -0.490 e. The highest BCUT2D eigenvalue weighted by atomic mass is 35.5. The third kappa shape index (κ3) is 4.55. The van der Waals surface area contributed by atoms with E-state index >= 15 is 0 Å². The minimum atomic E-state index is 0.549. The van der Waals surface area contributed by atoms with Gasteiger partial charge in [-0.25, -0.2) is 5.43 Å². The second-order valence-corrected chi connectivity index (χ2v) is 5.02. The molecule has 0 aliphatic carbocycles. The molecule has 0 aliphatic rings. The molecule has 0 heterocycles. The van der Waals surface area contributed by atoms with Crippen LogP contribution >= 0.6 is 11.6 Å². The van der Waals surface area contributed by atoms with Gasteiger partial charge in [-0.3, -0.25) is 0 Å². The van der Waals surface area contributed by atoms with Gasteiger partial charge < -0.3 is 14.9 Å². The Morgan fingerprint density at radius 3 is 2.41 bits per heavy atom. The van der Waals surface area contributed by atoms with Crippen molar-refractivity contribution in [3.63, 3.8) is 0 Å². The van der Waals surface area contributed by atoms with Crippen LogP contribution in [0.15, 0.2) is 42.5 Å². The highest BCUT2D eigenvalue weighted by molar-refractivity contribution is 6.32. The van der Waals surface area contributed by atoms with Gasteiger partial charge in [-0.05, 0) is 43.7 Å². The molecule has 0 atom stereocenters. The van der Waals surface area contributed by atoms with Crippen LogP contribution in [0, 0.1) is 0 Å². The summed E-state index contributed by atoms with van der Waals surface area (Å²) in [4.78, 5) is 0. The number of hydrazine groups is 1. The van der Waals surface area contributed by atoms with Crippen LogP contribution < -0.4 is 20.3 Å². The number of benzene rings is 2. The average molecular weight is 321 g/mol. The van der Waals surface area contributed by atoms with Crippen LogP contribution in [0.3, 0.4) is 0 Å². The molecule has 4 nitrogen and oxygen atoms in total. The normalized spacial score (nSPS) is 10.3. The summed E-state index contributed by atoms with van der Waals surface area (Å²) in [6, 6.07) is 13.7. The summed E-state index contributed by atoms with van der Waals surface area (Å²) in [5.74, 6) is 1.28. The molecule has 118 valence electrons. The van der Waals surface area contributed by atoms with Crippen molar-refractivity contribution in [3.05, 3.63) is 53.1 Å². The standard InChI is InChI=1S/C17H21ClN2O2/c1-3-21-16-11-13(10-15(18)17(16)22-4-2)12-19-20-14-8-6-5-7-9-14/h5-11,19-20H,3-4,12H2,1-2H3. The lowest BCUT2D eigenvalue weighted by Crippen LogP contribution is -2.20. The van der Waals surface area contributed by atoms with Crippen molar-refractivity contribution in [1.29, 1.82) is 0 Å². The number of nitrogens with one attached hydrogen (secondary N) is 2. The number of anilines is 1. The van der Waals surface area contributed by atoms with Crippen molar-refractivity contribution in [3.8, 4) is 11.5 Å². The monoisotopic (exact) mass is 320 g/mol. The Morgan fingerprint density at radius 2 is 1.73 bits per heavy atom. The molecule has 0 unspecified atom stereocenters. The molecule has 0 radical (unpaired) electrons. The third-order valence-electron chi connectivity index (χ3n) is 2.96. The summed E-state index contributed by atoms with van der Waals surface area (Å²) in [7, 11) is 0. The Labute approximate surface area is 136 Å². The van der Waals surface area contributed by atoms with Crippen molar-refractivity contribution < 1.29 is 9.47 Å². The van der Waals surface area contributed by atoms with Crippen LogP contribution in [0.2, 0.25) is 5.02 Å². The molecule has 2 aromatic carbocycles. The lowest BCUT2D eigenvalue weighted by Gasteiger charge is -2.15. The van der Waals surface area contributed by atoms with Crippen LogP contribution in [0.1, 0.15) is 19.4 Å². The fourth-order valence-electron chi connectivity index (χ4n) is 2.04. The molecule has 2 rings (SSSR count). The predicted molar refractivity (Wildman–Crippen MR) is 90.7 cm³/mol. The molecular formula is C17H21ClN2O2. The average Bonchev–Trinajstić information content (AvgIpc) is 2.52. The maximum absolute atomic E-state index is 6.29. The molecule has 0 aliphatic heterocycles. The lowest BCUT2D eigenvalue weighted by molar-refractivity contribution is 0.287. The molecule has 0 spiro atoms. The fourth-order valence-corrected chi connectivity index (χ4v) is 2.33. The number of ether oxygens (including phenoxy) is 2. The Kier molecular flexibility index (Phi) is 6.37. The molecule has 0 bridgehead atoms. The molecular weight excluding hydrogens is 300 g/mol. The van der Waals surface area contributed by atoms with Crippen LogP contribution in [-0.4, -0.2) is 13.2 Å². The van der Waals surface area contributed by atoms with Gasteiger partial charge in [0.15, 0.2) is 11.5 Å². The summed E-state index contributed by atoms with van der Waals surface area (Å²) < 4.78 is 11.2. The first-order valence-corrected chi connectivity index (χ1v) is 7.74. The highest BCUT2D eigenvalue weighted by Gasteiger charge is 2.12. The largest absolute Gasteiger partial charge is 0.490 e. The number of hydrogen-bond acceptors (Lipinski definition) is 4. The summed E-state index contributed by atoms with van der Waals surface area (Å²) in [5.41, 5.74) is 8.32. The minimum absolute atomic E-state index is 0.549. The van der Waals surface area contributed by atoms with Gasteiger partial charge in [0.2, 0.25) is 0 Å². The summed E-state index contributed by atoms with van der Waals surface area (Å²) in [6.45, 7) is 5.58. The van der Waals surface area contributed by atoms with E-state index in [1.54, 1.807) is 0 Å². The van der Waals surface area contributed by atoms with Crippen molar-refractivity contribution in [2.24, 2.45) is 0 Å². The predicted octanol–water partition coefficient (Wildman–Crippen LogP) is 4.25. The molecule has 22 heavy (non-hydrogen) atoms. The highest BCUT2D eigenvalue weighted by Crippen LogP contribution is 2.36. The van der Waals surface area contributed by atoms with Crippen molar-refractivity contribution in [2.45, 2.75) is 20.4 Å². The summed E-state index contributed by atoms with van der Waals surface area (Å²) in [6.07, 6.45) is 0. The molecule has 0 amide bonds.